The summed E-state index contributed by atoms with van der Waals surface area (Å²) in [4.78, 5) is 0. The van der Waals surface area contributed by atoms with Gasteiger partial charge in [0.1, 0.15) is 0 Å². The third kappa shape index (κ3) is 11.6. The molecule has 74 valence electrons. The quantitative estimate of drug-likeness (QED) is 0.590. The van der Waals surface area contributed by atoms with Crippen molar-refractivity contribution in [1.29, 1.82) is 0 Å². The van der Waals surface area contributed by atoms with E-state index in [1.807, 2.05) is 24.3 Å². The Balaban J connectivity index is -0.000000125. The summed E-state index contributed by atoms with van der Waals surface area (Å²) >= 11 is 0. The normalized spacial score (nSPS) is 13.5. The van der Waals surface area contributed by atoms with Crippen molar-refractivity contribution < 1.29 is 21.1 Å². The predicted octanol–water partition coefficient (Wildman–Crippen LogP) is 3.51. The summed E-state index contributed by atoms with van der Waals surface area (Å²) in [5, 5.41) is 0. The van der Waals surface area contributed by atoms with Crippen LogP contribution in [0.1, 0.15) is 12.8 Å². The average Bonchev–Trinajstić information content (AvgIpc) is 2.67. The minimum Gasteiger partial charge on any atom is -0.358 e. The van der Waals surface area contributed by atoms with Crippen LogP contribution in [0.2, 0.25) is 0 Å². The second-order valence-corrected chi connectivity index (χ2v) is 2.01. The van der Waals surface area contributed by atoms with E-state index in [9.17, 15) is 0 Å². The van der Waals surface area contributed by atoms with Gasteiger partial charge in [-0.3, -0.25) is 12.2 Å². The van der Waals surface area contributed by atoms with Gasteiger partial charge in [0.25, 0.3) is 0 Å². The van der Waals surface area contributed by atoms with Crippen molar-refractivity contribution in [3.8, 4) is 0 Å². The molecule has 0 radical (unpaired) electrons. The van der Waals surface area contributed by atoms with Gasteiger partial charge in [-0.2, -0.15) is 12.2 Å². The van der Waals surface area contributed by atoms with Crippen LogP contribution in [-0.4, -0.2) is 0 Å². The van der Waals surface area contributed by atoms with Crippen LogP contribution in [0.15, 0.2) is 36.5 Å². The molecule has 0 aliphatic heterocycles. The summed E-state index contributed by atoms with van der Waals surface area (Å²) in [6, 6.07) is 0. The molecule has 0 amide bonds. The predicted molar refractivity (Wildman–Crippen MR) is 56.0 cm³/mol. The van der Waals surface area contributed by atoms with Crippen molar-refractivity contribution in [2.75, 3.05) is 0 Å². The van der Waals surface area contributed by atoms with E-state index in [1.165, 1.54) is 0 Å². The first-order valence-corrected chi connectivity index (χ1v) is 3.43. The Morgan fingerprint density at radius 1 is 0.769 bits per heavy atom. The van der Waals surface area contributed by atoms with Gasteiger partial charge < -0.3 is 14.9 Å². The summed E-state index contributed by atoms with van der Waals surface area (Å²) in [5.41, 5.74) is 0. The van der Waals surface area contributed by atoms with Gasteiger partial charge >= 0.3 is 0 Å². The van der Waals surface area contributed by atoms with Crippen molar-refractivity contribution in [3.05, 3.63) is 63.5 Å². The topological polar surface area (TPSA) is 0 Å². The van der Waals surface area contributed by atoms with Gasteiger partial charge in [0.05, 0.1) is 0 Å². The molecule has 0 aromatic rings. The summed E-state index contributed by atoms with van der Waals surface area (Å²) in [6.07, 6.45) is 20.0. The molecule has 0 bridgehead atoms. The van der Waals surface area contributed by atoms with E-state index in [0.717, 1.165) is 12.8 Å². The Labute approximate surface area is 97.4 Å². The standard InChI is InChI=1S/2C5H5.2CH3.W/c2*1-2-4-5-3-1;;;/h2*1-3H,4H2;2*1H3;/q4*-1;. The van der Waals surface area contributed by atoms with Crippen molar-refractivity contribution in [1.82, 2.24) is 0 Å². The third-order valence-electron chi connectivity index (χ3n) is 1.17. The van der Waals surface area contributed by atoms with E-state index in [2.05, 4.69) is 24.3 Å². The second kappa shape index (κ2) is 14.2. The monoisotopic (exact) mass is 344 g/mol. The minimum absolute atomic E-state index is 0. The Hall–Kier alpha value is -0.352. The maximum atomic E-state index is 2.99. The Bertz CT molecular complexity index is 143. The Morgan fingerprint density at radius 3 is 1.23 bits per heavy atom. The van der Waals surface area contributed by atoms with Crippen LogP contribution < -0.4 is 0 Å². The maximum Gasteiger partial charge on any atom is 0 e. The number of allylic oxidation sites excluding steroid dienone is 8. The van der Waals surface area contributed by atoms with E-state index < -0.39 is 0 Å². The molecule has 0 atom stereocenters. The fourth-order valence-electron chi connectivity index (χ4n) is 0.680. The van der Waals surface area contributed by atoms with E-state index in [0.29, 0.717) is 0 Å². The fourth-order valence-corrected chi connectivity index (χ4v) is 0.680. The number of hydrogen-bond donors (Lipinski definition) is 0. The minimum atomic E-state index is 0. The van der Waals surface area contributed by atoms with Gasteiger partial charge in [-0.05, 0) is 0 Å². The first kappa shape index (κ1) is 18.4. The SMILES string of the molecule is [C-]1=CC=CC1.[C-]1=CC=CC1.[CH3-].[CH3-].[W]. The summed E-state index contributed by atoms with van der Waals surface area (Å²) in [6.45, 7) is 0. The van der Waals surface area contributed by atoms with Crippen LogP contribution in [0.5, 0.6) is 0 Å². The molecule has 0 spiro atoms. The van der Waals surface area contributed by atoms with Gasteiger partial charge in [-0.1, -0.05) is 0 Å². The van der Waals surface area contributed by atoms with Crippen molar-refractivity contribution >= 4 is 0 Å². The molecule has 2 aliphatic rings. The molecular formula is C12H16W-4. The van der Waals surface area contributed by atoms with Crippen LogP contribution in [0, 0.1) is 27.0 Å². The third-order valence-corrected chi connectivity index (χ3v) is 1.17. The largest absolute Gasteiger partial charge is 0.358 e. The zero-order valence-electron chi connectivity index (χ0n) is 8.29. The van der Waals surface area contributed by atoms with E-state index >= 15 is 0 Å². The molecule has 2 rings (SSSR count). The molecule has 0 nitrogen and oxygen atoms in total. The first-order chi connectivity index (χ1) is 5.00. The second-order valence-electron chi connectivity index (χ2n) is 2.01. The summed E-state index contributed by atoms with van der Waals surface area (Å²) in [7, 11) is 0. The Morgan fingerprint density at radius 2 is 1.15 bits per heavy atom. The first-order valence-electron chi connectivity index (χ1n) is 3.43. The molecule has 0 aromatic carbocycles. The van der Waals surface area contributed by atoms with Crippen LogP contribution >= 0.6 is 0 Å². The van der Waals surface area contributed by atoms with Crippen LogP contribution in [0.4, 0.5) is 0 Å². The van der Waals surface area contributed by atoms with Gasteiger partial charge in [0, 0.05) is 21.1 Å². The van der Waals surface area contributed by atoms with Crippen molar-refractivity contribution in [3.63, 3.8) is 0 Å². The molecule has 0 fully saturated rings. The number of hydrogen-bond acceptors (Lipinski definition) is 0. The molecule has 1 heteroatoms. The van der Waals surface area contributed by atoms with Crippen molar-refractivity contribution in [2.24, 2.45) is 0 Å². The fraction of sp³-hybridized carbons (Fsp3) is 0.167. The molecule has 2 aliphatic carbocycles. The molecule has 0 saturated heterocycles. The molecule has 0 heterocycles. The van der Waals surface area contributed by atoms with Gasteiger partial charge in [0.2, 0.25) is 0 Å². The van der Waals surface area contributed by atoms with Gasteiger partial charge in [0.15, 0.2) is 0 Å². The molecule has 0 saturated carbocycles. The van der Waals surface area contributed by atoms with Crippen molar-refractivity contribution in [2.45, 2.75) is 12.8 Å². The summed E-state index contributed by atoms with van der Waals surface area (Å²) in [5.74, 6) is 0. The van der Waals surface area contributed by atoms with Crippen LogP contribution in [0.25, 0.3) is 0 Å². The number of rotatable bonds is 0. The molecule has 0 aromatic heterocycles. The van der Waals surface area contributed by atoms with E-state index in [4.69, 9.17) is 0 Å². The Kier molecular flexibility index (Phi) is 20.1. The smallest absolute Gasteiger partial charge is 0 e. The molecule has 13 heavy (non-hydrogen) atoms. The summed E-state index contributed by atoms with van der Waals surface area (Å²) < 4.78 is 0. The van der Waals surface area contributed by atoms with E-state index in [1.54, 1.807) is 0 Å². The van der Waals surface area contributed by atoms with Gasteiger partial charge in [-0.15, -0.1) is 12.8 Å². The molecule has 0 N–H and O–H groups in total. The maximum absolute atomic E-state index is 2.99. The van der Waals surface area contributed by atoms with Crippen LogP contribution in [-0.2, 0) is 21.1 Å². The zero-order valence-corrected chi connectivity index (χ0v) is 11.2. The zero-order chi connectivity index (χ0) is 7.07. The average molecular weight is 344 g/mol. The van der Waals surface area contributed by atoms with Gasteiger partial charge in [-0.25, -0.2) is 24.3 Å². The van der Waals surface area contributed by atoms with E-state index in [-0.39, 0.29) is 35.9 Å². The molecular weight excluding hydrogens is 328 g/mol. The van der Waals surface area contributed by atoms with Crippen LogP contribution in [0.3, 0.4) is 0 Å². The molecule has 0 unspecified atom stereocenters.